The van der Waals surface area contributed by atoms with Gasteiger partial charge in [0.15, 0.2) is 0 Å². The molecule has 0 bridgehead atoms. The Morgan fingerprint density at radius 3 is 2.75 bits per heavy atom. The maximum Gasteiger partial charge on any atom is 0.347 e. The Kier molecular flexibility index (Phi) is 4.39. The van der Waals surface area contributed by atoms with Crippen molar-refractivity contribution in [3.63, 3.8) is 0 Å². The van der Waals surface area contributed by atoms with Crippen LogP contribution in [0.25, 0.3) is 0 Å². The molecular weight excluding hydrogens is 232 g/mol. The van der Waals surface area contributed by atoms with Gasteiger partial charge in [0.1, 0.15) is 4.88 Å². The second kappa shape index (κ2) is 5.57. The lowest BCUT2D eigenvalue weighted by Gasteiger charge is -2.01. The molecule has 0 aliphatic heterocycles. The molecule has 1 heterocycles. The minimum absolute atomic E-state index is 0.0774. The summed E-state index contributed by atoms with van der Waals surface area (Å²) in [4.78, 5) is 26.2. The number of nitrogens with zero attached hydrogens (tertiary/aromatic N) is 1. The fourth-order valence-electron chi connectivity index (χ4n) is 1.17. The van der Waals surface area contributed by atoms with Gasteiger partial charge in [0.25, 0.3) is 0 Å². The lowest BCUT2D eigenvalue weighted by atomic mass is 10.2. The average molecular weight is 244 g/mol. The van der Waals surface area contributed by atoms with Gasteiger partial charge < -0.3 is 15.5 Å². The van der Waals surface area contributed by atoms with Crippen molar-refractivity contribution in [3.8, 4) is 0 Å². The number of aliphatic hydroxyl groups is 1. The molecule has 0 spiro atoms. The molecule has 1 rings (SSSR count). The van der Waals surface area contributed by atoms with E-state index in [2.05, 4.69) is 10.3 Å². The number of amides is 1. The summed E-state index contributed by atoms with van der Waals surface area (Å²) < 4.78 is 0. The summed E-state index contributed by atoms with van der Waals surface area (Å²) in [7, 11) is 0. The van der Waals surface area contributed by atoms with E-state index >= 15 is 0 Å². The second-order valence-electron chi connectivity index (χ2n) is 3.06. The third-order valence-electron chi connectivity index (χ3n) is 1.76. The Morgan fingerprint density at radius 1 is 1.50 bits per heavy atom. The molecule has 0 aromatic carbocycles. The van der Waals surface area contributed by atoms with Crippen molar-refractivity contribution in [3.05, 3.63) is 15.6 Å². The zero-order valence-electron chi connectivity index (χ0n) is 8.69. The minimum atomic E-state index is -1.07. The van der Waals surface area contributed by atoms with E-state index in [9.17, 15) is 9.59 Å². The summed E-state index contributed by atoms with van der Waals surface area (Å²) in [5, 5.41) is 20.4. The van der Waals surface area contributed by atoms with Crippen LogP contribution in [0.3, 0.4) is 0 Å². The molecule has 0 radical (unpaired) electrons. The Hall–Kier alpha value is -1.47. The summed E-state index contributed by atoms with van der Waals surface area (Å²) in [6, 6.07) is 0. The van der Waals surface area contributed by atoms with Crippen LogP contribution in [-0.2, 0) is 11.2 Å². The maximum absolute atomic E-state index is 11.3. The fraction of sp³-hybridized carbons (Fsp3) is 0.444. The van der Waals surface area contributed by atoms with Crippen LogP contribution in [0.15, 0.2) is 0 Å². The highest BCUT2D eigenvalue weighted by atomic mass is 32.1. The molecular formula is C9H12N2O4S. The number of hydrogen-bond acceptors (Lipinski definition) is 5. The van der Waals surface area contributed by atoms with Crippen LogP contribution in [0.1, 0.15) is 20.4 Å². The van der Waals surface area contributed by atoms with Gasteiger partial charge in [0.2, 0.25) is 5.91 Å². The summed E-state index contributed by atoms with van der Waals surface area (Å²) in [6.45, 7) is 1.70. The van der Waals surface area contributed by atoms with Crippen LogP contribution in [-0.4, -0.2) is 40.2 Å². The van der Waals surface area contributed by atoms with Crippen molar-refractivity contribution in [2.24, 2.45) is 0 Å². The van der Waals surface area contributed by atoms with E-state index in [-0.39, 0.29) is 36.1 Å². The molecule has 0 atom stereocenters. The van der Waals surface area contributed by atoms with Gasteiger partial charge in [-0.2, -0.15) is 0 Å². The number of aliphatic hydroxyl groups excluding tert-OH is 1. The highest BCUT2D eigenvalue weighted by Crippen LogP contribution is 2.18. The smallest absolute Gasteiger partial charge is 0.347 e. The van der Waals surface area contributed by atoms with E-state index in [1.54, 1.807) is 6.92 Å². The molecule has 16 heavy (non-hydrogen) atoms. The minimum Gasteiger partial charge on any atom is -0.477 e. The number of carbonyl (C=O) groups excluding carboxylic acids is 1. The number of carboxylic acid groups (broad SMARTS) is 1. The highest BCUT2D eigenvalue weighted by molar-refractivity contribution is 7.13. The van der Waals surface area contributed by atoms with Crippen molar-refractivity contribution < 1.29 is 19.8 Å². The number of rotatable bonds is 5. The second-order valence-corrected chi connectivity index (χ2v) is 4.27. The number of aromatic nitrogens is 1. The Balaban J connectivity index is 2.72. The topological polar surface area (TPSA) is 99.5 Å². The molecule has 0 aliphatic rings. The normalized spacial score (nSPS) is 10.1. The third kappa shape index (κ3) is 3.28. The maximum atomic E-state index is 11.3. The molecule has 88 valence electrons. The zero-order chi connectivity index (χ0) is 12.1. The SMILES string of the molecule is Cc1nc(CC(=O)NCCO)c(C(=O)O)s1. The summed E-state index contributed by atoms with van der Waals surface area (Å²) in [6.07, 6.45) is -0.0774. The van der Waals surface area contributed by atoms with Crippen LogP contribution < -0.4 is 5.32 Å². The molecule has 1 aromatic rings. The molecule has 0 aliphatic carbocycles. The van der Waals surface area contributed by atoms with Crippen molar-refractivity contribution in [2.75, 3.05) is 13.2 Å². The Morgan fingerprint density at radius 2 is 2.19 bits per heavy atom. The van der Waals surface area contributed by atoms with Crippen LogP contribution in [0.2, 0.25) is 0 Å². The van der Waals surface area contributed by atoms with Gasteiger partial charge >= 0.3 is 5.97 Å². The van der Waals surface area contributed by atoms with Crippen LogP contribution in [0.5, 0.6) is 0 Å². The van der Waals surface area contributed by atoms with Gasteiger partial charge in [-0.3, -0.25) is 4.79 Å². The number of carbonyl (C=O) groups is 2. The van der Waals surface area contributed by atoms with E-state index in [1.807, 2.05) is 0 Å². The van der Waals surface area contributed by atoms with E-state index in [1.165, 1.54) is 0 Å². The van der Waals surface area contributed by atoms with Gasteiger partial charge in [-0.1, -0.05) is 0 Å². The molecule has 6 nitrogen and oxygen atoms in total. The quantitative estimate of drug-likeness (QED) is 0.666. The molecule has 3 N–H and O–H groups in total. The van der Waals surface area contributed by atoms with Crippen molar-refractivity contribution in [1.82, 2.24) is 10.3 Å². The molecule has 0 unspecified atom stereocenters. The number of nitrogens with one attached hydrogen (secondary N) is 1. The first-order chi connectivity index (χ1) is 7.54. The third-order valence-corrected chi connectivity index (χ3v) is 2.76. The molecule has 0 saturated carbocycles. The number of aromatic carboxylic acids is 1. The van der Waals surface area contributed by atoms with Gasteiger partial charge in [-0.15, -0.1) is 11.3 Å². The van der Waals surface area contributed by atoms with E-state index < -0.39 is 5.97 Å². The molecule has 1 amide bonds. The van der Waals surface area contributed by atoms with E-state index in [0.29, 0.717) is 5.01 Å². The van der Waals surface area contributed by atoms with Crippen LogP contribution >= 0.6 is 11.3 Å². The van der Waals surface area contributed by atoms with E-state index in [4.69, 9.17) is 10.2 Å². The predicted octanol–water partition coefficient (Wildman–Crippen LogP) is -0.199. The lowest BCUT2D eigenvalue weighted by molar-refractivity contribution is -0.120. The van der Waals surface area contributed by atoms with Crippen LogP contribution in [0, 0.1) is 6.92 Å². The molecule has 7 heteroatoms. The van der Waals surface area contributed by atoms with Crippen LogP contribution in [0.4, 0.5) is 0 Å². The number of aryl methyl sites for hydroxylation is 1. The molecule has 0 saturated heterocycles. The largest absolute Gasteiger partial charge is 0.477 e. The van der Waals surface area contributed by atoms with Gasteiger partial charge in [0, 0.05) is 6.54 Å². The van der Waals surface area contributed by atoms with Gasteiger partial charge in [-0.05, 0) is 6.92 Å². The first-order valence-electron chi connectivity index (χ1n) is 4.61. The zero-order valence-corrected chi connectivity index (χ0v) is 9.50. The summed E-state index contributed by atoms with van der Waals surface area (Å²) in [5.41, 5.74) is 0.269. The van der Waals surface area contributed by atoms with Crippen molar-refractivity contribution in [1.29, 1.82) is 0 Å². The van der Waals surface area contributed by atoms with Gasteiger partial charge in [0.05, 0.1) is 23.7 Å². The van der Waals surface area contributed by atoms with Crippen molar-refractivity contribution in [2.45, 2.75) is 13.3 Å². The first-order valence-corrected chi connectivity index (χ1v) is 5.43. The fourth-order valence-corrected chi connectivity index (χ4v) is 1.94. The Bertz CT molecular complexity index is 402. The first kappa shape index (κ1) is 12.6. The standard InChI is InChI=1S/C9H12N2O4S/c1-5-11-6(8(16-5)9(14)15)4-7(13)10-2-3-12/h12H,2-4H2,1H3,(H,10,13)(H,14,15). The predicted molar refractivity (Wildman–Crippen MR) is 57.6 cm³/mol. The Labute approximate surface area is 95.9 Å². The molecule has 0 fully saturated rings. The van der Waals surface area contributed by atoms with E-state index in [0.717, 1.165) is 11.3 Å². The number of thiazole rings is 1. The molecule has 1 aromatic heterocycles. The summed E-state index contributed by atoms with van der Waals surface area (Å²) in [5.74, 6) is -1.42. The lowest BCUT2D eigenvalue weighted by Crippen LogP contribution is -2.28. The van der Waals surface area contributed by atoms with Gasteiger partial charge in [-0.25, -0.2) is 9.78 Å². The highest BCUT2D eigenvalue weighted by Gasteiger charge is 2.17. The average Bonchev–Trinajstić information content (AvgIpc) is 2.56. The number of carboxylic acids is 1. The summed E-state index contributed by atoms with van der Waals surface area (Å²) >= 11 is 1.05. The monoisotopic (exact) mass is 244 g/mol. The van der Waals surface area contributed by atoms with Crippen molar-refractivity contribution >= 4 is 23.2 Å². The number of hydrogen-bond donors (Lipinski definition) is 3.